The highest BCUT2D eigenvalue weighted by Crippen LogP contribution is 2.31. The van der Waals surface area contributed by atoms with Crippen molar-refractivity contribution in [1.29, 1.82) is 0 Å². The molecule has 5 nitrogen and oxygen atoms in total. The molecule has 0 bridgehead atoms. The minimum absolute atomic E-state index is 0.329. The maximum atomic E-state index is 13.4. The second kappa shape index (κ2) is 15.9. The molecule has 0 saturated heterocycles. The lowest BCUT2D eigenvalue weighted by atomic mass is 9.81. The van der Waals surface area contributed by atoms with E-state index in [2.05, 4.69) is 42.7 Å². The third kappa shape index (κ3) is 8.88. The average molecular weight is 539 g/mol. The highest BCUT2D eigenvalue weighted by atomic mass is 32.2. The molecule has 1 amide bonds. The van der Waals surface area contributed by atoms with E-state index in [1.54, 1.807) is 11.8 Å². The van der Waals surface area contributed by atoms with Gasteiger partial charge in [-0.1, -0.05) is 69.0 Å². The largest absolute Gasteiger partial charge is 0.480 e. The van der Waals surface area contributed by atoms with Gasteiger partial charge in [0.15, 0.2) is 0 Å². The van der Waals surface area contributed by atoms with E-state index < -0.39 is 12.0 Å². The van der Waals surface area contributed by atoms with E-state index in [1.165, 1.54) is 50.5 Å². The molecule has 2 atom stereocenters. The van der Waals surface area contributed by atoms with Crippen LogP contribution in [0.3, 0.4) is 0 Å². The fraction of sp³-hybridized carbons (Fsp3) is 0.562. The summed E-state index contributed by atoms with van der Waals surface area (Å²) in [5.74, 6) is 0.0982. The van der Waals surface area contributed by atoms with Crippen molar-refractivity contribution in [3.8, 4) is 11.1 Å². The molecule has 0 aromatic heterocycles. The molecule has 3 N–H and O–H groups in total. The first-order chi connectivity index (χ1) is 18.4. The topological polar surface area (TPSA) is 78.4 Å². The number of thioether (sulfide) groups is 1. The van der Waals surface area contributed by atoms with Crippen LogP contribution in [-0.4, -0.2) is 47.6 Å². The van der Waals surface area contributed by atoms with Crippen LogP contribution >= 0.6 is 11.8 Å². The molecular formula is C32H46N2O3S. The highest BCUT2D eigenvalue weighted by molar-refractivity contribution is 7.98. The Morgan fingerprint density at radius 2 is 1.82 bits per heavy atom. The molecule has 38 heavy (non-hydrogen) atoms. The van der Waals surface area contributed by atoms with Crippen LogP contribution in [0.15, 0.2) is 42.5 Å². The Morgan fingerprint density at radius 1 is 1.05 bits per heavy atom. The van der Waals surface area contributed by atoms with Crippen LogP contribution < -0.4 is 10.6 Å². The number of benzene rings is 2. The first-order valence-corrected chi connectivity index (χ1v) is 15.8. The van der Waals surface area contributed by atoms with Gasteiger partial charge in [-0.25, -0.2) is 4.79 Å². The van der Waals surface area contributed by atoms with Gasteiger partial charge < -0.3 is 15.7 Å². The highest BCUT2D eigenvalue weighted by Gasteiger charge is 2.25. The van der Waals surface area contributed by atoms with E-state index in [0.29, 0.717) is 23.8 Å². The van der Waals surface area contributed by atoms with Gasteiger partial charge in [-0.15, -0.1) is 0 Å². The average Bonchev–Trinajstić information content (AvgIpc) is 2.93. The molecule has 1 aliphatic rings. The molecule has 0 spiro atoms. The minimum atomic E-state index is -0.995. The third-order valence-electron chi connectivity index (χ3n) is 7.88. The van der Waals surface area contributed by atoms with Crippen molar-refractivity contribution in [1.82, 2.24) is 10.6 Å². The van der Waals surface area contributed by atoms with Crippen molar-refractivity contribution in [2.24, 2.45) is 5.92 Å². The van der Waals surface area contributed by atoms with Gasteiger partial charge >= 0.3 is 5.97 Å². The molecule has 1 fully saturated rings. The molecule has 1 saturated carbocycles. The zero-order chi connectivity index (χ0) is 27.3. The Bertz CT molecular complexity index is 1040. The van der Waals surface area contributed by atoms with Crippen LogP contribution in [0.2, 0.25) is 0 Å². The van der Waals surface area contributed by atoms with Gasteiger partial charge in [0.05, 0.1) is 0 Å². The fourth-order valence-corrected chi connectivity index (χ4v) is 6.07. The Labute approximate surface area is 233 Å². The summed E-state index contributed by atoms with van der Waals surface area (Å²) in [5.41, 5.74) is 4.73. The number of carbonyl (C=O) groups is 2. The zero-order valence-electron chi connectivity index (χ0n) is 23.4. The van der Waals surface area contributed by atoms with Gasteiger partial charge in [-0.2, -0.15) is 11.8 Å². The number of hydrogen-bond acceptors (Lipinski definition) is 4. The van der Waals surface area contributed by atoms with Gasteiger partial charge in [0, 0.05) is 11.6 Å². The number of unbranched alkanes of at least 4 members (excludes halogenated alkanes) is 1. The number of aliphatic carboxylic acids is 1. The van der Waals surface area contributed by atoms with Crippen LogP contribution in [0.25, 0.3) is 11.1 Å². The molecule has 6 heteroatoms. The van der Waals surface area contributed by atoms with E-state index in [4.69, 9.17) is 0 Å². The molecule has 0 radical (unpaired) electrons. The Kier molecular flexibility index (Phi) is 12.7. The van der Waals surface area contributed by atoms with Crippen LogP contribution in [0.1, 0.15) is 86.2 Å². The lowest BCUT2D eigenvalue weighted by Crippen LogP contribution is -2.41. The zero-order valence-corrected chi connectivity index (χ0v) is 24.2. The molecule has 0 heterocycles. The summed E-state index contributed by atoms with van der Waals surface area (Å²) in [7, 11) is 0. The van der Waals surface area contributed by atoms with E-state index in [9.17, 15) is 14.7 Å². The van der Waals surface area contributed by atoms with E-state index in [0.717, 1.165) is 42.0 Å². The number of hydrogen-bond donors (Lipinski definition) is 3. The number of amides is 1. The number of rotatable bonds is 15. The monoisotopic (exact) mass is 538 g/mol. The number of aryl methyl sites for hydroxylation is 2. The van der Waals surface area contributed by atoms with Crippen molar-refractivity contribution < 1.29 is 14.7 Å². The summed E-state index contributed by atoms with van der Waals surface area (Å²) >= 11 is 1.58. The van der Waals surface area contributed by atoms with Crippen LogP contribution in [-0.2, 0) is 11.2 Å². The number of carboxylic acids is 1. The maximum absolute atomic E-state index is 13.4. The van der Waals surface area contributed by atoms with E-state index in [1.807, 2.05) is 30.5 Å². The van der Waals surface area contributed by atoms with Crippen LogP contribution in [0, 0.1) is 12.8 Å². The van der Waals surface area contributed by atoms with E-state index >= 15 is 0 Å². The summed E-state index contributed by atoms with van der Waals surface area (Å²) in [6.45, 7) is 5.37. The first-order valence-electron chi connectivity index (χ1n) is 14.4. The third-order valence-corrected chi connectivity index (χ3v) is 8.52. The smallest absolute Gasteiger partial charge is 0.326 e. The van der Waals surface area contributed by atoms with Gasteiger partial charge in [-0.05, 0) is 98.2 Å². The number of nitrogens with one attached hydrogen (secondary N) is 2. The van der Waals surface area contributed by atoms with Gasteiger partial charge in [-0.3, -0.25) is 4.79 Å². The van der Waals surface area contributed by atoms with Crippen molar-refractivity contribution >= 4 is 23.6 Å². The quantitative estimate of drug-likeness (QED) is 0.216. The Hall–Kier alpha value is -2.31. The standard InChI is InChI=1S/C32H46N2O3S/c1-4-5-20-33-29(25-12-7-6-8-13-25)18-16-24-15-17-27(28(22-24)26-14-10-9-11-23(26)2)31(35)34-30(32(36)37)19-21-38-3/h9-11,14-15,17,22,25,29-30,33H,4-8,12-13,16,18-21H2,1-3H3,(H,34,35)(H,36,37)/t29?,30-/m0/s1. The second-order valence-corrected chi connectivity index (χ2v) is 11.7. The summed E-state index contributed by atoms with van der Waals surface area (Å²) in [4.78, 5) is 25.1. The van der Waals surface area contributed by atoms with Crippen molar-refractivity contribution in [2.75, 3.05) is 18.6 Å². The molecule has 2 aromatic rings. The molecule has 3 rings (SSSR count). The van der Waals surface area contributed by atoms with Crippen LogP contribution in [0.5, 0.6) is 0 Å². The van der Waals surface area contributed by atoms with Crippen LogP contribution in [0.4, 0.5) is 0 Å². The lowest BCUT2D eigenvalue weighted by Gasteiger charge is -2.31. The molecule has 208 valence electrons. The number of carbonyl (C=O) groups excluding carboxylic acids is 1. The lowest BCUT2D eigenvalue weighted by molar-refractivity contribution is -0.139. The summed E-state index contributed by atoms with van der Waals surface area (Å²) in [6, 6.07) is 13.8. The SMILES string of the molecule is CCCCNC(CCc1ccc(C(=O)N[C@@H](CCSC)C(=O)O)c(-c2ccccc2C)c1)C1CCCCC1. The first kappa shape index (κ1) is 30.2. The predicted molar refractivity (Wildman–Crippen MR) is 160 cm³/mol. The Morgan fingerprint density at radius 3 is 2.50 bits per heavy atom. The molecule has 2 aromatic carbocycles. The summed E-state index contributed by atoms with van der Waals surface area (Å²) in [5, 5.41) is 16.3. The minimum Gasteiger partial charge on any atom is -0.480 e. The molecule has 1 unspecified atom stereocenters. The number of carboxylic acid groups (broad SMARTS) is 1. The molecular weight excluding hydrogens is 492 g/mol. The summed E-state index contributed by atoms with van der Waals surface area (Å²) < 4.78 is 0. The van der Waals surface area contributed by atoms with Crippen molar-refractivity contribution in [2.45, 2.75) is 90.1 Å². The second-order valence-electron chi connectivity index (χ2n) is 10.7. The summed E-state index contributed by atoms with van der Waals surface area (Å²) in [6.07, 6.45) is 13.5. The Balaban J connectivity index is 1.84. The van der Waals surface area contributed by atoms with Gasteiger partial charge in [0.1, 0.15) is 6.04 Å². The maximum Gasteiger partial charge on any atom is 0.326 e. The fourth-order valence-electron chi connectivity index (χ4n) is 5.60. The van der Waals surface area contributed by atoms with E-state index in [-0.39, 0.29) is 5.91 Å². The van der Waals surface area contributed by atoms with Gasteiger partial charge in [0.2, 0.25) is 0 Å². The predicted octanol–water partition coefficient (Wildman–Crippen LogP) is 6.87. The van der Waals surface area contributed by atoms with Crippen molar-refractivity contribution in [3.05, 3.63) is 59.2 Å². The molecule has 0 aliphatic heterocycles. The normalized spacial score (nSPS) is 15.7. The molecule has 1 aliphatic carbocycles. The van der Waals surface area contributed by atoms with Crippen molar-refractivity contribution in [3.63, 3.8) is 0 Å². The van der Waals surface area contributed by atoms with Gasteiger partial charge in [0.25, 0.3) is 5.91 Å².